The van der Waals surface area contributed by atoms with E-state index in [-0.39, 0.29) is 5.41 Å². The second-order valence-corrected chi connectivity index (χ2v) is 15.5. The molecule has 1 heteroatoms. The van der Waals surface area contributed by atoms with Crippen molar-refractivity contribution in [3.63, 3.8) is 0 Å². The summed E-state index contributed by atoms with van der Waals surface area (Å²) >= 11 is 1.88. The fourth-order valence-electron chi connectivity index (χ4n) is 9.62. The van der Waals surface area contributed by atoms with Crippen molar-refractivity contribution in [3.05, 3.63) is 204 Å². The molecule has 2 aliphatic carbocycles. The first-order chi connectivity index (χ1) is 25.8. The molecule has 0 nitrogen and oxygen atoms in total. The number of hydrogen-bond acceptors (Lipinski definition) is 1. The largest absolute Gasteiger partial charge is 0.135 e. The van der Waals surface area contributed by atoms with Crippen LogP contribution in [0, 0.1) is 0 Å². The maximum Gasteiger partial charge on any atom is 0.0731 e. The molecular weight excluding hydrogens is 645 g/mol. The summed E-state index contributed by atoms with van der Waals surface area (Å²) in [6.07, 6.45) is 0. The summed E-state index contributed by atoms with van der Waals surface area (Å²) in [6, 6.07) is 68.5. The SMILES string of the molecule is c1ccc2c(c1)-c1ccccc1C21c2ccccc2-c2ccc3cc(-c4ccc5cc(-c6ccc7c(c6)sc6ccccc67)ccc5c4)ccc3c21. The minimum absolute atomic E-state index is 0.345. The quantitative estimate of drug-likeness (QED) is 0.171. The van der Waals surface area contributed by atoms with Gasteiger partial charge in [0.25, 0.3) is 0 Å². The molecule has 0 saturated carbocycles. The van der Waals surface area contributed by atoms with Crippen LogP contribution in [0.3, 0.4) is 0 Å². The standard InChI is InChI=1S/C51H30S/c1-5-13-45-39(9-1)40-10-2-6-14-46(40)51(45)47-15-7-3-11-41(47)44-26-23-37-29-35(21-24-38(37)50(44)51)33-18-17-32-28-34(20-19-31(32)27-33)36-22-25-43-42-12-4-8-16-48(42)52-49(43)30-36/h1-30H. The summed E-state index contributed by atoms with van der Waals surface area (Å²) in [5.74, 6) is 0. The average Bonchev–Trinajstić information content (AvgIpc) is 3.84. The highest BCUT2D eigenvalue weighted by Crippen LogP contribution is 2.64. The van der Waals surface area contributed by atoms with E-state index in [2.05, 4.69) is 182 Å². The van der Waals surface area contributed by atoms with Crippen LogP contribution in [0.5, 0.6) is 0 Å². The molecule has 1 aromatic heterocycles. The average molecular weight is 675 g/mol. The molecule has 9 aromatic carbocycles. The van der Waals surface area contributed by atoms with Crippen LogP contribution in [0.25, 0.3) is 86.2 Å². The maximum atomic E-state index is 2.40. The van der Waals surface area contributed by atoms with Crippen molar-refractivity contribution >= 4 is 53.1 Å². The van der Waals surface area contributed by atoms with Crippen molar-refractivity contribution in [2.45, 2.75) is 5.41 Å². The zero-order valence-corrected chi connectivity index (χ0v) is 29.0. The second-order valence-electron chi connectivity index (χ2n) is 14.4. The predicted molar refractivity (Wildman–Crippen MR) is 222 cm³/mol. The summed E-state index contributed by atoms with van der Waals surface area (Å²) < 4.78 is 2.69. The molecule has 0 unspecified atom stereocenters. The number of rotatable bonds is 2. The zero-order valence-electron chi connectivity index (χ0n) is 28.2. The van der Waals surface area contributed by atoms with Crippen molar-refractivity contribution in [2.75, 3.05) is 0 Å². The summed E-state index contributed by atoms with van der Waals surface area (Å²) in [6.45, 7) is 0. The van der Waals surface area contributed by atoms with Crippen LogP contribution in [-0.2, 0) is 5.41 Å². The molecule has 1 spiro atoms. The van der Waals surface area contributed by atoms with E-state index >= 15 is 0 Å². The van der Waals surface area contributed by atoms with E-state index in [0.717, 1.165) is 0 Å². The van der Waals surface area contributed by atoms with Gasteiger partial charge in [-0.2, -0.15) is 0 Å². The molecule has 0 atom stereocenters. The van der Waals surface area contributed by atoms with Crippen LogP contribution >= 0.6 is 11.3 Å². The number of thiophene rings is 1. The Morgan fingerprint density at radius 2 is 0.769 bits per heavy atom. The highest BCUT2D eigenvalue weighted by Gasteiger charge is 2.52. The van der Waals surface area contributed by atoms with Crippen LogP contribution in [0.15, 0.2) is 182 Å². The smallest absolute Gasteiger partial charge is 0.0731 e. The van der Waals surface area contributed by atoms with Crippen molar-refractivity contribution in [1.82, 2.24) is 0 Å². The third-order valence-corrected chi connectivity index (χ3v) is 13.0. The van der Waals surface area contributed by atoms with Gasteiger partial charge in [-0.1, -0.05) is 152 Å². The van der Waals surface area contributed by atoms with Gasteiger partial charge in [-0.05, 0) is 119 Å². The third-order valence-electron chi connectivity index (χ3n) is 11.9. The Morgan fingerprint density at radius 1 is 0.308 bits per heavy atom. The fourth-order valence-corrected chi connectivity index (χ4v) is 10.8. The molecule has 2 aliphatic rings. The molecule has 0 radical (unpaired) electrons. The molecule has 0 fully saturated rings. The highest BCUT2D eigenvalue weighted by molar-refractivity contribution is 7.25. The van der Waals surface area contributed by atoms with Gasteiger partial charge >= 0.3 is 0 Å². The van der Waals surface area contributed by atoms with E-state index in [9.17, 15) is 0 Å². The topological polar surface area (TPSA) is 0 Å². The lowest BCUT2D eigenvalue weighted by atomic mass is 9.69. The van der Waals surface area contributed by atoms with Gasteiger partial charge in [0, 0.05) is 20.2 Å². The first kappa shape index (κ1) is 28.4. The van der Waals surface area contributed by atoms with Crippen LogP contribution in [0.2, 0.25) is 0 Å². The van der Waals surface area contributed by atoms with E-state index in [1.807, 2.05) is 11.3 Å². The zero-order chi connectivity index (χ0) is 34.0. The van der Waals surface area contributed by atoms with E-state index in [4.69, 9.17) is 0 Å². The van der Waals surface area contributed by atoms with E-state index in [0.29, 0.717) is 0 Å². The molecule has 1 heterocycles. The summed E-state index contributed by atoms with van der Waals surface area (Å²) in [7, 11) is 0. The molecule has 10 aromatic rings. The van der Waals surface area contributed by atoms with Gasteiger partial charge in [0.1, 0.15) is 0 Å². The van der Waals surface area contributed by atoms with Gasteiger partial charge in [-0.25, -0.2) is 0 Å². The minimum Gasteiger partial charge on any atom is -0.135 e. The summed E-state index contributed by atoms with van der Waals surface area (Å²) in [5.41, 5.74) is 15.6. The van der Waals surface area contributed by atoms with Gasteiger partial charge in [0.05, 0.1) is 5.41 Å². The van der Waals surface area contributed by atoms with Crippen LogP contribution < -0.4 is 0 Å². The lowest BCUT2D eigenvalue weighted by Gasteiger charge is -2.31. The van der Waals surface area contributed by atoms with Crippen LogP contribution in [0.1, 0.15) is 22.3 Å². The Kier molecular flexibility index (Phi) is 5.68. The molecule has 0 aliphatic heterocycles. The van der Waals surface area contributed by atoms with Gasteiger partial charge in [-0.3, -0.25) is 0 Å². The van der Waals surface area contributed by atoms with E-state index < -0.39 is 0 Å². The third kappa shape index (κ3) is 3.71. The number of fused-ring (bicyclic) bond motifs is 16. The monoisotopic (exact) mass is 674 g/mol. The summed E-state index contributed by atoms with van der Waals surface area (Å²) in [5, 5.41) is 7.80. The van der Waals surface area contributed by atoms with Crippen molar-refractivity contribution in [2.24, 2.45) is 0 Å². The lowest BCUT2D eigenvalue weighted by molar-refractivity contribution is 0.801. The summed E-state index contributed by atoms with van der Waals surface area (Å²) in [4.78, 5) is 0. The van der Waals surface area contributed by atoms with Crippen molar-refractivity contribution in [1.29, 1.82) is 0 Å². The molecule has 52 heavy (non-hydrogen) atoms. The minimum atomic E-state index is -0.345. The fraction of sp³-hybridized carbons (Fsp3) is 0.0196. The van der Waals surface area contributed by atoms with E-state index in [1.165, 1.54) is 108 Å². The Morgan fingerprint density at radius 3 is 1.42 bits per heavy atom. The molecule has 0 N–H and O–H groups in total. The van der Waals surface area contributed by atoms with Crippen molar-refractivity contribution in [3.8, 4) is 44.5 Å². The lowest BCUT2D eigenvalue weighted by Crippen LogP contribution is -2.26. The van der Waals surface area contributed by atoms with Gasteiger partial charge in [-0.15, -0.1) is 11.3 Å². The Hall–Kier alpha value is -6.28. The maximum absolute atomic E-state index is 2.40. The first-order valence-corrected chi connectivity index (χ1v) is 18.9. The van der Waals surface area contributed by atoms with E-state index in [1.54, 1.807) is 0 Å². The van der Waals surface area contributed by atoms with Gasteiger partial charge in [0.15, 0.2) is 0 Å². The van der Waals surface area contributed by atoms with Crippen LogP contribution in [-0.4, -0.2) is 0 Å². The Bertz CT molecular complexity index is 3080. The molecule has 0 bridgehead atoms. The van der Waals surface area contributed by atoms with Crippen LogP contribution in [0.4, 0.5) is 0 Å². The van der Waals surface area contributed by atoms with Gasteiger partial charge < -0.3 is 0 Å². The predicted octanol–water partition coefficient (Wildman–Crippen LogP) is 14.0. The second kappa shape index (κ2) is 10.4. The Labute approximate surface area is 305 Å². The number of benzene rings is 9. The highest BCUT2D eigenvalue weighted by atomic mass is 32.1. The van der Waals surface area contributed by atoms with Crippen molar-refractivity contribution < 1.29 is 0 Å². The molecular formula is C51H30S. The molecule has 240 valence electrons. The normalized spacial score (nSPS) is 13.5. The first-order valence-electron chi connectivity index (χ1n) is 18.1. The van der Waals surface area contributed by atoms with Gasteiger partial charge in [0.2, 0.25) is 0 Å². The molecule has 0 amide bonds. The Balaban J connectivity index is 0.980. The molecule has 0 saturated heterocycles. The number of hydrogen-bond donors (Lipinski definition) is 0. The molecule has 12 rings (SSSR count).